The van der Waals surface area contributed by atoms with Gasteiger partial charge in [0.1, 0.15) is 6.54 Å². The first kappa shape index (κ1) is 16.2. The molecule has 1 amide bonds. The van der Waals surface area contributed by atoms with Crippen molar-refractivity contribution in [1.29, 1.82) is 0 Å². The van der Waals surface area contributed by atoms with E-state index in [0.717, 1.165) is 5.56 Å². The van der Waals surface area contributed by atoms with Crippen molar-refractivity contribution in [3.8, 4) is 0 Å². The highest BCUT2D eigenvalue weighted by Crippen LogP contribution is 2.09. The van der Waals surface area contributed by atoms with Gasteiger partial charge < -0.3 is 15.4 Å². The number of ether oxygens (including phenoxy) is 1. The van der Waals surface area contributed by atoms with Crippen LogP contribution in [0.4, 0.5) is 0 Å². The molecule has 0 aliphatic heterocycles. The number of nitrogens with zero attached hydrogens (tertiary/aromatic N) is 1. The fourth-order valence-electron chi connectivity index (χ4n) is 1.73. The molecule has 0 saturated heterocycles. The summed E-state index contributed by atoms with van der Waals surface area (Å²) >= 11 is 0. The predicted octanol–water partition coefficient (Wildman–Crippen LogP) is 1.17. The van der Waals surface area contributed by atoms with Gasteiger partial charge in [-0.15, -0.1) is 0 Å². The minimum Gasteiger partial charge on any atom is -0.468 e. The van der Waals surface area contributed by atoms with E-state index in [1.165, 1.54) is 12.0 Å². The summed E-state index contributed by atoms with van der Waals surface area (Å²) in [5, 5.41) is 0. The number of hydrogen-bond acceptors (Lipinski definition) is 4. The summed E-state index contributed by atoms with van der Waals surface area (Å²) in [5.41, 5.74) is 6.83. The Morgan fingerprint density at radius 3 is 2.35 bits per heavy atom. The van der Waals surface area contributed by atoms with Gasteiger partial charge in [0.25, 0.3) is 0 Å². The third-order valence-corrected chi connectivity index (χ3v) is 3.08. The molecular formula is C15H22N2O3. The Bertz CT molecular complexity index is 446. The van der Waals surface area contributed by atoms with E-state index in [-0.39, 0.29) is 18.4 Å². The van der Waals surface area contributed by atoms with Gasteiger partial charge in [-0.25, -0.2) is 0 Å². The van der Waals surface area contributed by atoms with Crippen molar-refractivity contribution in [2.45, 2.75) is 26.4 Å². The first-order valence-electron chi connectivity index (χ1n) is 6.60. The fraction of sp³-hybridized carbons (Fsp3) is 0.467. The van der Waals surface area contributed by atoms with Gasteiger partial charge in [0.2, 0.25) is 5.91 Å². The van der Waals surface area contributed by atoms with Crippen LogP contribution in [0.25, 0.3) is 0 Å². The molecule has 110 valence electrons. The maximum atomic E-state index is 12.3. The third kappa shape index (κ3) is 4.66. The molecule has 0 aromatic heterocycles. The molecule has 0 radical (unpaired) electrons. The molecule has 20 heavy (non-hydrogen) atoms. The minimum atomic E-state index is -0.622. The van der Waals surface area contributed by atoms with Crippen molar-refractivity contribution in [3.63, 3.8) is 0 Å². The average molecular weight is 278 g/mol. The van der Waals surface area contributed by atoms with Crippen LogP contribution in [0.15, 0.2) is 30.3 Å². The zero-order valence-corrected chi connectivity index (χ0v) is 12.2. The lowest BCUT2D eigenvalue weighted by Crippen LogP contribution is -2.48. The van der Waals surface area contributed by atoms with Gasteiger partial charge in [-0.05, 0) is 11.5 Å². The topological polar surface area (TPSA) is 72.6 Å². The number of methoxy groups -OCH3 is 1. The number of esters is 1. The molecule has 0 spiro atoms. The maximum absolute atomic E-state index is 12.3. The van der Waals surface area contributed by atoms with Gasteiger partial charge in [-0.2, -0.15) is 0 Å². The Morgan fingerprint density at radius 2 is 1.85 bits per heavy atom. The van der Waals surface area contributed by atoms with Gasteiger partial charge in [-0.3, -0.25) is 9.59 Å². The molecule has 0 aliphatic carbocycles. The maximum Gasteiger partial charge on any atom is 0.325 e. The van der Waals surface area contributed by atoms with Crippen LogP contribution < -0.4 is 5.73 Å². The Balaban J connectivity index is 2.85. The monoisotopic (exact) mass is 278 g/mol. The molecule has 0 saturated carbocycles. The van der Waals surface area contributed by atoms with Crippen molar-refractivity contribution < 1.29 is 14.3 Å². The van der Waals surface area contributed by atoms with E-state index < -0.39 is 12.0 Å². The summed E-state index contributed by atoms with van der Waals surface area (Å²) in [6.07, 6.45) is 0. The zero-order chi connectivity index (χ0) is 15.1. The number of carbonyl (C=O) groups is 2. The zero-order valence-electron chi connectivity index (χ0n) is 12.2. The molecule has 0 heterocycles. The third-order valence-electron chi connectivity index (χ3n) is 3.08. The van der Waals surface area contributed by atoms with Gasteiger partial charge >= 0.3 is 5.97 Å². The van der Waals surface area contributed by atoms with E-state index in [9.17, 15) is 9.59 Å². The molecule has 1 aromatic rings. The number of amides is 1. The van der Waals surface area contributed by atoms with Crippen LogP contribution in [0.5, 0.6) is 0 Å². The molecule has 1 atom stereocenters. The van der Waals surface area contributed by atoms with Crippen molar-refractivity contribution in [1.82, 2.24) is 4.90 Å². The second-order valence-corrected chi connectivity index (χ2v) is 5.03. The molecule has 2 N–H and O–H groups in total. The van der Waals surface area contributed by atoms with Crippen molar-refractivity contribution in [2.24, 2.45) is 11.7 Å². The smallest absolute Gasteiger partial charge is 0.325 e. The lowest BCUT2D eigenvalue weighted by molar-refractivity contribution is -0.148. The van der Waals surface area contributed by atoms with Crippen LogP contribution >= 0.6 is 0 Å². The lowest BCUT2D eigenvalue weighted by Gasteiger charge is -2.26. The fourth-order valence-corrected chi connectivity index (χ4v) is 1.73. The van der Waals surface area contributed by atoms with Crippen LogP contribution in [-0.2, 0) is 20.9 Å². The van der Waals surface area contributed by atoms with Gasteiger partial charge in [0.15, 0.2) is 0 Å². The highest BCUT2D eigenvalue weighted by molar-refractivity contribution is 5.85. The first-order chi connectivity index (χ1) is 9.45. The van der Waals surface area contributed by atoms with Crippen LogP contribution in [0, 0.1) is 5.92 Å². The van der Waals surface area contributed by atoms with Crippen molar-refractivity contribution in [2.75, 3.05) is 13.7 Å². The molecule has 0 aliphatic rings. The second kappa shape index (κ2) is 7.65. The molecular weight excluding hydrogens is 256 g/mol. The standard InChI is InChI=1S/C15H22N2O3/c1-11(2)14(16)15(19)17(10-13(18)20-3)9-12-7-5-4-6-8-12/h4-8,11,14H,9-10,16H2,1-3H3/t14-/m0/s1. The Labute approximate surface area is 119 Å². The van der Waals surface area contributed by atoms with Gasteiger partial charge in [0, 0.05) is 6.54 Å². The van der Waals surface area contributed by atoms with E-state index in [1.54, 1.807) is 0 Å². The Kier molecular flexibility index (Phi) is 6.18. The van der Waals surface area contributed by atoms with Crippen LogP contribution in [0.2, 0.25) is 0 Å². The predicted molar refractivity (Wildman–Crippen MR) is 76.7 cm³/mol. The SMILES string of the molecule is COC(=O)CN(Cc1ccccc1)C(=O)[C@@H](N)C(C)C. The second-order valence-electron chi connectivity index (χ2n) is 5.03. The quantitative estimate of drug-likeness (QED) is 0.793. The number of carbonyl (C=O) groups excluding carboxylic acids is 2. The van der Waals surface area contributed by atoms with Crippen molar-refractivity contribution in [3.05, 3.63) is 35.9 Å². The van der Waals surface area contributed by atoms with E-state index in [4.69, 9.17) is 5.73 Å². The molecule has 1 aromatic carbocycles. The number of rotatable bonds is 6. The number of nitrogens with two attached hydrogens (primary N) is 1. The lowest BCUT2D eigenvalue weighted by atomic mass is 10.0. The number of benzene rings is 1. The van der Waals surface area contributed by atoms with Crippen molar-refractivity contribution >= 4 is 11.9 Å². The molecule has 5 nitrogen and oxygen atoms in total. The van der Waals surface area contributed by atoms with Crippen LogP contribution in [0.1, 0.15) is 19.4 Å². The minimum absolute atomic E-state index is 0.0124. The Hall–Kier alpha value is -1.88. The summed E-state index contributed by atoms with van der Waals surface area (Å²) in [6.45, 7) is 4.00. The summed E-state index contributed by atoms with van der Waals surface area (Å²) in [7, 11) is 1.30. The average Bonchev–Trinajstić information content (AvgIpc) is 2.45. The largest absolute Gasteiger partial charge is 0.468 e. The molecule has 0 unspecified atom stereocenters. The summed E-state index contributed by atoms with van der Waals surface area (Å²) in [4.78, 5) is 25.2. The van der Waals surface area contributed by atoms with E-state index in [1.807, 2.05) is 44.2 Å². The molecule has 0 fully saturated rings. The first-order valence-corrected chi connectivity index (χ1v) is 6.60. The number of hydrogen-bond donors (Lipinski definition) is 1. The highest BCUT2D eigenvalue weighted by Gasteiger charge is 2.25. The summed E-state index contributed by atoms with van der Waals surface area (Å²) < 4.78 is 4.64. The normalized spacial score (nSPS) is 12.1. The molecule has 0 bridgehead atoms. The van der Waals surface area contributed by atoms with Gasteiger partial charge in [0.05, 0.1) is 13.2 Å². The Morgan fingerprint density at radius 1 is 1.25 bits per heavy atom. The van der Waals surface area contributed by atoms with E-state index in [0.29, 0.717) is 6.54 Å². The van der Waals surface area contributed by atoms with Gasteiger partial charge in [-0.1, -0.05) is 44.2 Å². The van der Waals surface area contributed by atoms with E-state index >= 15 is 0 Å². The molecule has 5 heteroatoms. The van der Waals surface area contributed by atoms with Crippen LogP contribution in [0.3, 0.4) is 0 Å². The van der Waals surface area contributed by atoms with Crippen LogP contribution in [-0.4, -0.2) is 36.5 Å². The highest BCUT2D eigenvalue weighted by atomic mass is 16.5. The molecule has 1 rings (SSSR count). The summed E-state index contributed by atoms with van der Waals surface area (Å²) in [5.74, 6) is -0.682. The summed E-state index contributed by atoms with van der Waals surface area (Å²) in [6, 6.07) is 8.85. The van der Waals surface area contributed by atoms with E-state index in [2.05, 4.69) is 4.74 Å².